The van der Waals surface area contributed by atoms with Gasteiger partial charge in [-0.15, -0.1) is 0 Å². The van der Waals surface area contributed by atoms with E-state index < -0.39 is 48.9 Å². The second kappa shape index (κ2) is 11.8. The highest BCUT2D eigenvalue weighted by Gasteiger charge is 2.59. The summed E-state index contributed by atoms with van der Waals surface area (Å²) in [7, 11) is 1.55. The second-order valence-electron chi connectivity index (χ2n) is 10.2. The molecule has 208 valence electrons. The molecule has 3 amide bonds. The molecule has 0 radical (unpaired) electrons. The number of phenolic OH excluding ortho intramolecular Hbond substituents is 1. The van der Waals surface area contributed by atoms with Crippen molar-refractivity contribution >= 4 is 36.7 Å². The number of methoxy groups -OCH3 is 2. The molecule has 1 aromatic heterocycles. The second-order valence-corrected chi connectivity index (χ2v) is 10.2. The van der Waals surface area contributed by atoms with Crippen LogP contribution in [0.1, 0.15) is 30.5 Å². The van der Waals surface area contributed by atoms with E-state index in [-0.39, 0.29) is 25.1 Å². The Labute approximate surface area is 232 Å². The summed E-state index contributed by atoms with van der Waals surface area (Å²) in [5, 5.41) is 20.4. The van der Waals surface area contributed by atoms with Gasteiger partial charge in [-0.25, -0.2) is 4.79 Å². The molecule has 2 fully saturated rings. The number of nitrogens with zero attached hydrogens (tertiary/aromatic N) is 2. The minimum Gasteiger partial charge on any atom is -0.508 e. The zero-order valence-corrected chi connectivity index (χ0v) is 22.4. The van der Waals surface area contributed by atoms with E-state index in [9.17, 15) is 24.5 Å². The lowest BCUT2D eigenvalue weighted by Gasteiger charge is -2.43. The third-order valence-corrected chi connectivity index (χ3v) is 7.89. The van der Waals surface area contributed by atoms with E-state index in [0.29, 0.717) is 17.7 Å². The summed E-state index contributed by atoms with van der Waals surface area (Å²) in [6.45, 7) is 0.237. The first kappa shape index (κ1) is 27.8. The van der Waals surface area contributed by atoms with E-state index in [4.69, 9.17) is 14.1 Å². The number of likely N-dealkylation sites (tertiary alicyclic amines) is 1. The van der Waals surface area contributed by atoms with Gasteiger partial charge in [0.25, 0.3) is 0 Å². The number of rotatable bonds is 7. The molecule has 2 N–H and O–H groups in total. The number of benzene rings is 1. The van der Waals surface area contributed by atoms with Crippen LogP contribution < -0.4 is 0 Å². The van der Waals surface area contributed by atoms with Gasteiger partial charge in [-0.1, -0.05) is 18.2 Å². The molecular weight excluding hydrogens is 515 g/mol. The van der Waals surface area contributed by atoms with Crippen LogP contribution in [0.3, 0.4) is 0 Å². The molecule has 2 saturated heterocycles. The molecule has 10 nitrogen and oxygen atoms in total. The van der Waals surface area contributed by atoms with E-state index >= 15 is 0 Å². The molecule has 0 bridgehead atoms. The van der Waals surface area contributed by atoms with E-state index in [2.05, 4.69) is 4.98 Å². The normalized spacial score (nSPS) is 24.7. The number of carbonyl (C=O) groups excluding carboxylic acids is 3. The molecule has 0 spiro atoms. The van der Waals surface area contributed by atoms with Crippen molar-refractivity contribution in [2.24, 2.45) is 17.8 Å². The maximum absolute atomic E-state index is 13.4. The smallest absolute Gasteiger partial charge is 0.455 e. The molecule has 0 unspecified atom stereocenters. The highest BCUT2D eigenvalue weighted by molar-refractivity contribution is 6.43. The molecule has 0 saturated carbocycles. The summed E-state index contributed by atoms with van der Waals surface area (Å²) in [5.74, 6) is -3.01. The molecular formula is C29H31BN2O8. The highest BCUT2D eigenvalue weighted by atomic mass is 16.5. The zero-order chi connectivity index (χ0) is 28.4. The molecule has 40 heavy (non-hydrogen) atoms. The molecule has 5 rings (SSSR count). The van der Waals surface area contributed by atoms with Gasteiger partial charge in [0, 0.05) is 13.3 Å². The number of fused-ring (bicyclic) bond motifs is 3. The number of pyridine rings is 1. The first-order valence-corrected chi connectivity index (χ1v) is 13.2. The molecule has 11 heteroatoms. The van der Waals surface area contributed by atoms with Crippen molar-refractivity contribution in [2.75, 3.05) is 20.8 Å². The lowest BCUT2D eigenvalue weighted by Crippen LogP contribution is -2.46. The Kier molecular flexibility index (Phi) is 8.15. The maximum Gasteiger partial charge on any atom is 0.455 e. The number of amides is 3. The highest BCUT2D eigenvalue weighted by Crippen LogP contribution is 2.50. The number of aromatic hydroxyl groups is 1. The van der Waals surface area contributed by atoms with Crippen LogP contribution in [0.2, 0.25) is 6.32 Å². The fourth-order valence-electron chi connectivity index (χ4n) is 6.23. The van der Waals surface area contributed by atoms with Crippen LogP contribution in [0.4, 0.5) is 4.79 Å². The Morgan fingerprint density at radius 2 is 1.93 bits per heavy atom. The molecule has 1 aliphatic carbocycles. The summed E-state index contributed by atoms with van der Waals surface area (Å²) >= 11 is 0. The van der Waals surface area contributed by atoms with E-state index in [1.807, 2.05) is 36.4 Å². The number of hydrogen-bond acceptors (Lipinski definition) is 9. The number of phenols is 1. The van der Waals surface area contributed by atoms with Crippen LogP contribution in [0, 0.1) is 17.8 Å². The van der Waals surface area contributed by atoms with Gasteiger partial charge in [0.05, 0.1) is 37.4 Å². The fraction of sp³-hybridized carbons (Fsp3) is 0.379. The molecule has 1 aromatic carbocycles. The third kappa shape index (κ3) is 5.32. The summed E-state index contributed by atoms with van der Waals surface area (Å²) < 4.78 is 16.2. The van der Waals surface area contributed by atoms with Gasteiger partial charge in [0.15, 0.2) is 0 Å². The number of imide groups is 3. The Bertz CT molecular complexity index is 1340. The van der Waals surface area contributed by atoms with E-state index in [1.54, 1.807) is 25.4 Å². The largest absolute Gasteiger partial charge is 0.508 e. The molecule has 2 aliphatic heterocycles. The van der Waals surface area contributed by atoms with Crippen molar-refractivity contribution < 1.29 is 38.6 Å². The van der Waals surface area contributed by atoms with E-state index in [0.717, 1.165) is 35.1 Å². The van der Waals surface area contributed by atoms with Crippen molar-refractivity contribution in [3.8, 4) is 5.75 Å². The quantitative estimate of drug-likeness (QED) is 0.305. The van der Waals surface area contributed by atoms with Crippen LogP contribution in [0.15, 0.2) is 59.8 Å². The predicted octanol–water partition coefficient (Wildman–Crippen LogP) is 3.32. The molecule has 4 atom stereocenters. The third-order valence-electron chi connectivity index (χ3n) is 7.89. The number of ether oxygens (including phenoxy) is 2. The summed E-state index contributed by atoms with van der Waals surface area (Å²) in [4.78, 5) is 43.9. The summed E-state index contributed by atoms with van der Waals surface area (Å²) in [6.07, 6.45) is 3.56. The maximum atomic E-state index is 13.4. The lowest BCUT2D eigenvalue weighted by molar-refractivity contribution is -0.137. The number of hydrogen-bond donors (Lipinski definition) is 2. The Morgan fingerprint density at radius 3 is 2.60 bits per heavy atom. The van der Waals surface area contributed by atoms with Gasteiger partial charge < -0.3 is 24.3 Å². The minimum atomic E-state index is -1.14. The summed E-state index contributed by atoms with van der Waals surface area (Å²) in [6, 6.07) is 12.5. The number of carbonyl (C=O) groups is 3. The van der Waals surface area contributed by atoms with E-state index in [1.165, 1.54) is 0 Å². The first-order chi connectivity index (χ1) is 19.3. The van der Waals surface area contributed by atoms with Gasteiger partial charge in [0.1, 0.15) is 5.75 Å². The Balaban J connectivity index is 1.47. The van der Waals surface area contributed by atoms with Gasteiger partial charge in [0.2, 0.25) is 11.8 Å². The van der Waals surface area contributed by atoms with Crippen molar-refractivity contribution in [2.45, 2.75) is 31.7 Å². The van der Waals surface area contributed by atoms with Gasteiger partial charge in [-0.3, -0.25) is 14.6 Å². The minimum absolute atomic E-state index is 0.130. The first-order valence-electron chi connectivity index (χ1n) is 13.2. The molecule has 3 aliphatic rings. The van der Waals surface area contributed by atoms with Crippen LogP contribution >= 0.6 is 0 Å². The average molecular weight is 546 g/mol. The SMILES string of the molecule is COCC1=C2[C@@H](CC/C(=C/c3ccc(O)cc3)c3ccccn3)OB(O)C[C@@H]2[C@@H]2C(=O)N(C(=O)OC)C(=O)[C@@H]2C1. The van der Waals surface area contributed by atoms with Crippen molar-refractivity contribution in [1.29, 1.82) is 0 Å². The monoisotopic (exact) mass is 546 g/mol. The van der Waals surface area contributed by atoms with Crippen LogP contribution in [-0.2, 0) is 23.7 Å². The van der Waals surface area contributed by atoms with Gasteiger partial charge in [-0.05, 0) is 84.1 Å². The van der Waals surface area contributed by atoms with Crippen molar-refractivity contribution in [3.63, 3.8) is 0 Å². The molecule has 2 aromatic rings. The van der Waals surface area contributed by atoms with Crippen LogP contribution in [-0.4, -0.2) is 72.0 Å². The summed E-state index contributed by atoms with van der Waals surface area (Å²) in [5.41, 5.74) is 4.30. The van der Waals surface area contributed by atoms with Crippen LogP contribution in [0.25, 0.3) is 11.6 Å². The lowest BCUT2D eigenvalue weighted by atomic mass is 9.58. The fourth-order valence-corrected chi connectivity index (χ4v) is 6.23. The Hall–Kier alpha value is -3.80. The standard InChI is InChI=1S/C29H31BN2O8/c1-38-16-19-14-21-26(28(35)32(27(21)34)29(36)39-2)22-15-30(37)40-24(25(19)22)11-8-18(23-5-3-4-12-31-23)13-17-6-9-20(33)10-7-17/h3-7,9-10,12-13,21-22,24,26,33,37H,8,11,14-16H2,1-2H3/b18-13-/t21-,22+,24-,26-/m1/s1. The number of allylic oxidation sites excluding steroid dienone is 1. The van der Waals surface area contributed by atoms with Crippen molar-refractivity contribution in [1.82, 2.24) is 9.88 Å². The van der Waals surface area contributed by atoms with Crippen LogP contribution in [0.5, 0.6) is 5.75 Å². The van der Waals surface area contributed by atoms with Gasteiger partial charge in [-0.2, -0.15) is 4.90 Å². The molecule has 3 heterocycles. The predicted molar refractivity (Wildman–Crippen MR) is 145 cm³/mol. The average Bonchev–Trinajstić information content (AvgIpc) is 3.21. The van der Waals surface area contributed by atoms with Crippen molar-refractivity contribution in [3.05, 3.63) is 71.1 Å². The Morgan fingerprint density at radius 1 is 1.15 bits per heavy atom. The van der Waals surface area contributed by atoms with Gasteiger partial charge >= 0.3 is 13.2 Å². The zero-order valence-electron chi connectivity index (χ0n) is 22.4. The topological polar surface area (TPSA) is 135 Å². The number of aromatic nitrogens is 1.